The lowest BCUT2D eigenvalue weighted by atomic mass is 10.1. The molecular formula is C12H17NO3. The maximum atomic E-state index is 11.0. The van der Waals surface area contributed by atoms with Crippen LogP contribution in [-0.2, 0) is 6.54 Å². The van der Waals surface area contributed by atoms with E-state index in [9.17, 15) is 9.90 Å². The van der Waals surface area contributed by atoms with Crippen molar-refractivity contribution in [1.82, 2.24) is 4.90 Å². The van der Waals surface area contributed by atoms with Gasteiger partial charge in [0.15, 0.2) is 0 Å². The van der Waals surface area contributed by atoms with Crippen LogP contribution in [0.4, 0.5) is 0 Å². The minimum Gasteiger partial charge on any atom is -0.508 e. The van der Waals surface area contributed by atoms with Crippen molar-refractivity contribution in [3.63, 3.8) is 0 Å². The van der Waals surface area contributed by atoms with Gasteiger partial charge >= 0.3 is 5.97 Å². The summed E-state index contributed by atoms with van der Waals surface area (Å²) in [7, 11) is 0. The number of carbonyl (C=O) groups is 1. The fourth-order valence-electron chi connectivity index (χ4n) is 1.61. The average molecular weight is 223 g/mol. The molecule has 88 valence electrons. The number of carboxylic acid groups (broad SMARTS) is 1. The third-order valence-electron chi connectivity index (χ3n) is 2.66. The van der Waals surface area contributed by atoms with Gasteiger partial charge in [0, 0.05) is 12.1 Å². The Morgan fingerprint density at radius 2 is 1.94 bits per heavy atom. The lowest BCUT2D eigenvalue weighted by Crippen LogP contribution is -2.23. The van der Waals surface area contributed by atoms with E-state index in [1.165, 1.54) is 12.1 Å². The van der Waals surface area contributed by atoms with Crippen LogP contribution in [0.25, 0.3) is 0 Å². The normalized spacial score (nSPS) is 10.7. The number of aromatic carboxylic acids is 1. The van der Waals surface area contributed by atoms with Crippen molar-refractivity contribution in [1.29, 1.82) is 0 Å². The zero-order valence-corrected chi connectivity index (χ0v) is 9.60. The van der Waals surface area contributed by atoms with E-state index in [1.54, 1.807) is 6.07 Å². The van der Waals surface area contributed by atoms with Crippen LogP contribution in [0, 0.1) is 0 Å². The van der Waals surface area contributed by atoms with E-state index < -0.39 is 5.97 Å². The van der Waals surface area contributed by atoms with Gasteiger partial charge in [-0.1, -0.05) is 19.9 Å². The van der Waals surface area contributed by atoms with E-state index in [2.05, 4.69) is 4.90 Å². The number of rotatable bonds is 5. The topological polar surface area (TPSA) is 60.8 Å². The summed E-state index contributed by atoms with van der Waals surface area (Å²) in [4.78, 5) is 13.1. The van der Waals surface area contributed by atoms with Crippen LogP contribution in [0.2, 0.25) is 0 Å². The van der Waals surface area contributed by atoms with Gasteiger partial charge in [-0.05, 0) is 25.2 Å². The summed E-state index contributed by atoms with van der Waals surface area (Å²) < 4.78 is 0. The van der Waals surface area contributed by atoms with E-state index in [-0.39, 0.29) is 11.3 Å². The molecule has 1 aromatic carbocycles. The molecule has 1 rings (SSSR count). The number of phenols is 1. The lowest BCUT2D eigenvalue weighted by Gasteiger charge is -2.19. The van der Waals surface area contributed by atoms with Crippen molar-refractivity contribution < 1.29 is 15.0 Å². The highest BCUT2D eigenvalue weighted by atomic mass is 16.4. The van der Waals surface area contributed by atoms with Crippen molar-refractivity contribution in [2.75, 3.05) is 13.1 Å². The van der Waals surface area contributed by atoms with Crippen molar-refractivity contribution >= 4 is 5.97 Å². The first-order chi connectivity index (χ1) is 7.60. The highest BCUT2D eigenvalue weighted by Gasteiger charge is 2.15. The number of hydrogen-bond donors (Lipinski definition) is 2. The molecule has 2 N–H and O–H groups in total. The number of aromatic hydroxyl groups is 1. The van der Waals surface area contributed by atoms with Gasteiger partial charge < -0.3 is 10.2 Å². The standard InChI is InChI=1S/C12H17NO3/c1-3-13(4-2)8-10-9(12(15)16)6-5-7-11(10)14/h5-7,14H,3-4,8H2,1-2H3,(H,15,16). The zero-order chi connectivity index (χ0) is 12.1. The minimum atomic E-state index is -1.00. The molecule has 0 fully saturated rings. The Kier molecular flexibility index (Phi) is 4.31. The molecule has 0 saturated carbocycles. The predicted molar refractivity (Wildman–Crippen MR) is 61.7 cm³/mol. The van der Waals surface area contributed by atoms with E-state index in [0.717, 1.165) is 13.1 Å². The zero-order valence-electron chi connectivity index (χ0n) is 9.60. The molecule has 0 atom stereocenters. The maximum absolute atomic E-state index is 11.0. The number of hydrogen-bond acceptors (Lipinski definition) is 3. The second-order valence-corrected chi connectivity index (χ2v) is 3.57. The van der Waals surface area contributed by atoms with Crippen LogP contribution < -0.4 is 0 Å². The van der Waals surface area contributed by atoms with Crippen LogP contribution in [0.5, 0.6) is 5.75 Å². The largest absolute Gasteiger partial charge is 0.508 e. The van der Waals surface area contributed by atoms with Gasteiger partial charge in [0.2, 0.25) is 0 Å². The van der Waals surface area contributed by atoms with Crippen molar-refractivity contribution in [2.24, 2.45) is 0 Å². The molecule has 0 unspecified atom stereocenters. The summed E-state index contributed by atoms with van der Waals surface area (Å²) >= 11 is 0. The first kappa shape index (κ1) is 12.5. The van der Waals surface area contributed by atoms with Crippen molar-refractivity contribution in [3.8, 4) is 5.75 Å². The quantitative estimate of drug-likeness (QED) is 0.800. The monoisotopic (exact) mass is 223 g/mol. The second kappa shape index (κ2) is 5.51. The first-order valence-electron chi connectivity index (χ1n) is 5.36. The van der Waals surface area contributed by atoms with E-state index in [4.69, 9.17) is 5.11 Å². The molecule has 4 nitrogen and oxygen atoms in total. The summed E-state index contributed by atoms with van der Waals surface area (Å²) in [6.45, 7) is 6.11. The molecule has 0 aliphatic heterocycles. The predicted octanol–water partition coefficient (Wildman–Crippen LogP) is 1.93. The molecular weight excluding hydrogens is 206 g/mol. The number of benzene rings is 1. The molecule has 0 aliphatic rings. The number of phenolic OH excluding ortho intramolecular Hbond substituents is 1. The Morgan fingerprint density at radius 3 is 2.44 bits per heavy atom. The minimum absolute atomic E-state index is 0.0480. The fourth-order valence-corrected chi connectivity index (χ4v) is 1.61. The van der Waals surface area contributed by atoms with Gasteiger partial charge in [-0.3, -0.25) is 4.90 Å². The summed E-state index contributed by atoms with van der Waals surface area (Å²) in [6.07, 6.45) is 0. The Morgan fingerprint density at radius 1 is 1.31 bits per heavy atom. The lowest BCUT2D eigenvalue weighted by molar-refractivity contribution is 0.0694. The highest BCUT2D eigenvalue weighted by molar-refractivity contribution is 5.90. The molecule has 1 aromatic rings. The van der Waals surface area contributed by atoms with Crippen LogP contribution in [0.3, 0.4) is 0 Å². The SMILES string of the molecule is CCN(CC)Cc1c(O)cccc1C(=O)O. The van der Waals surface area contributed by atoms with E-state index in [0.29, 0.717) is 12.1 Å². The van der Waals surface area contributed by atoms with Crippen molar-refractivity contribution in [3.05, 3.63) is 29.3 Å². The average Bonchev–Trinajstić information content (AvgIpc) is 2.27. The summed E-state index contributed by atoms with van der Waals surface area (Å²) in [6, 6.07) is 4.58. The van der Waals surface area contributed by atoms with Crippen LogP contribution in [0.15, 0.2) is 18.2 Å². The van der Waals surface area contributed by atoms with Crippen LogP contribution >= 0.6 is 0 Å². The molecule has 0 heterocycles. The highest BCUT2D eigenvalue weighted by Crippen LogP contribution is 2.22. The summed E-state index contributed by atoms with van der Waals surface area (Å²) in [5.74, 6) is -0.954. The molecule has 0 aromatic heterocycles. The third kappa shape index (κ3) is 2.73. The van der Waals surface area contributed by atoms with Gasteiger partial charge in [0.1, 0.15) is 5.75 Å². The van der Waals surface area contributed by atoms with Gasteiger partial charge in [-0.2, -0.15) is 0 Å². The van der Waals surface area contributed by atoms with Crippen LogP contribution in [-0.4, -0.2) is 34.2 Å². The molecule has 0 aliphatic carbocycles. The molecule has 4 heteroatoms. The van der Waals surface area contributed by atoms with Gasteiger partial charge in [0.25, 0.3) is 0 Å². The Bertz CT molecular complexity index is 373. The second-order valence-electron chi connectivity index (χ2n) is 3.57. The van der Waals surface area contributed by atoms with Gasteiger partial charge in [0.05, 0.1) is 5.56 Å². The Labute approximate surface area is 95.1 Å². The third-order valence-corrected chi connectivity index (χ3v) is 2.66. The molecule has 0 amide bonds. The van der Waals surface area contributed by atoms with Gasteiger partial charge in [-0.15, -0.1) is 0 Å². The molecule has 0 saturated heterocycles. The van der Waals surface area contributed by atoms with Gasteiger partial charge in [-0.25, -0.2) is 4.79 Å². The summed E-state index contributed by atoms with van der Waals surface area (Å²) in [5, 5.41) is 18.7. The smallest absolute Gasteiger partial charge is 0.336 e. The molecule has 0 bridgehead atoms. The fraction of sp³-hybridized carbons (Fsp3) is 0.417. The van der Waals surface area contributed by atoms with E-state index >= 15 is 0 Å². The molecule has 0 spiro atoms. The number of nitrogens with zero attached hydrogens (tertiary/aromatic N) is 1. The first-order valence-corrected chi connectivity index (χ1v) is 5.36. The molecule has 0 radical (unpaired) electrons. The Balaban J connectivity index is 3.05. The van der Waals surface area contributed by atoms with Crippen molar-refractivity contribution in [2.45, 2.75) is 20.4 Å². The number of carboxylic acids is 1. The summed E-state index contributed by atoms with van der Waals surface area (Å²) in [5.41, 5.74) is 0.658. The Hall–Kier alpha value is -1.55. The van der Waals surface area contributed by atoms with Crippen LogP contribution in [0.1, 0.15) is 29.8 Å². The van der Waals surface area contributed by atoms with E-state index in [1.807, 2.05) is 13.8 Å². The maximum Gasteiger partial charge on any atom is 0.336 e. The molecule has 16 heavy (non-hydrogen) atoms.